The van der Waals surface area contributed by atoms with Gasteiger partial charge < -0.3 is 0 Å². The van der Waals surface area contributed by atoms with Gasteiger partial charge in [0.25, 0.3) is 0 Å². The van der Waals surface area contributed by atoms with E-state index in [1.54, 1.807) is 30.3 Å². The average Bonchev–Trinajstić information content (AvgIpc) is 2.78. The van der Waals surface area contributed by atoms with E-state index >= 15 is 0 Å². The lowest BCUT2D eigenvalue weighted by Crippen LogP contribution is -1.92. The Morgan fingerprint density at radius 3 is 2.16 bits per heavy atom. The standard InChI is InChI=1S/C28H20F4/c1-2-3-4-18-7-12-24(26(30)14-18)22-11-10-20(25(29)16-22)8-5-19-6-9-21-15-27(31)28(32)17-23(21)13-19/h6-7,9-17H,2-4H2,1H3. The number of fused-ring (bicyclic) bond motifs is 1. The Bertz CT molecular complexity index is 1360. The number of halogens is 4. The lowest BCUT2D eigenvalue weighted by Gasteiger charge is -2.07. The summed E-state index contributed by atoms with van der Waals surface area (Å²) in [6.45, 7) is 2.08. The number of hydrogen-bond donors (Lipinski definition) is 0. The van der Waals surface area contributed by atoms with E-state index in [2.05, 4.69) is 18.8 Å². The van der Waals surface area contributed by atoms with E-state index in [1.165, 1.54) is 18.2 Å². The predicted octanol–water partition coefficient (Wildman–Crippen LogP) is 7.81. The molecule has 0 atom stereocenters. The van der Waals surface area contributed by atoms with Crippen molar-refractivity contribution in [2.45, 2.75) is 26.2 Å². The van der Waals surface area contributed by atoms with Crippen molar-refractivity contribution in [2.24, 2.45) is 0 Å². The van der Waals surface area contributed by atoms with Crippen LogP contribution in [0.5, 0.6) is 0 Å². The van der Waals surface area contributed by atoms with Crippen LogP contribution in [0, 0.1) is 35.1 Å². The van der Waals surface area contributed by atoms with Crippen molar-refractivity contribution in [2.75, 3.05) is 0 Å². The molecule has 0 saturated carbocycles. The van der Waals surface area contributed by atoms with Crippen molar-refractivity contribution < 1.29 is 17.6 Å². The zero-order valence-electron chi connectivity index (χ0n) is 17.5. The molecule has 0 heterocycles. The highest BCUT2D eigenvalue weighted by Gasteiger charge is 2.09. The minimum Gasteiger partial charge on any atom is -0.206 e. The second-order valence-electron chi connectivity index (χ2n) is 7.69. The van der Waals surface area contributed by atoms with Gasteiger partial charge in [-0.2, -0.15) is 0 Å². The summed E-state index contributed by atoms with van der Waals surface area (Å²) in [4.78, 5) is 0. The number of benzene rings is 4. The molecule has 0 amide bonds. The van der Waals surface area contributed by atoms with Gasteiger partial charge in [0.1, 0.15) is 11.6 Å². The summed E-state index contributed by atoms with van der Waals surface area (Å²) in [7, 11) is 0. The molecule has 0 aliphatic carbocycles. The highest BCUT2D eigenvalue weighted by atomic mass is 19.2. The Morgan fingerprint density at radius 2 is 1.44 bits per heavy atom. The maximum atomic E-state index is 14.7. The summed E-state index contributed by atoms with van der Waals surface area (Å²) in [5.41, 5.74) is 2.41. The number of unbranched alkanes of at least 4 members (excludes halogenated alkanes) is 1. The third-order valence-electron chi connectivity index (χ3n) is 5.35. The maximum Gasteiger partial charge on any atom is 0.159 e. The van der Waals surface area contributed by atoms with Crippen molar-refractivity contribution in [1.29, 1.82) is 0 Å². The van der Waals surface area contributed by atoms with Crippen molar-refractivity contribution in [1.82, 2.24) is 0 Å². The summed E-state index contributed by atoms with van der Waals surface area (Å²) in [6.07, 6.45) is 2.84. The first-order valence-electron chi connectivity index (χ1n) is 10.4. The van der Waals surface area contributed by atoms with Gasteiger partial charge in [0.2, 0.25) is 0 Å². The first-order chi connectivity index (χ1) is 15.4. The quantitative estimate of drug-likeness (QED) is 0.228. The minimum atomic E-state index is -0.935. The summed E-state index contributed by atoms with van der Waals surface area (Å²) in [5.74, 6) is 2.82. The van der Waals surface area contributed by atoms with Gasteiger partial charge in [-0.15, -0.1) is 0 Å². The maximum absolute atomic E-state index is 14.7. The van der Waals surface area contributed by atoms with Crippen LogP contribution in [-0.2, 0) is 6.42 Å². The van der Waals surface area contributed by atoms with Gasteiger partial charge in [0, 0.05) is 11.1 Å². The van der Waals surface area contributed by atoms with E-state index in [1.807, 2.05) is 6.07 Å². The molecule has 4 aromatic carbocycles. The number of aryl methyl sites for hydroxylation is 1. The minimum absolute atomic E-state index is 0.166. The van der Waals surface area contributed by atoms with E-state index in [9.17, 15) is 17.6 Å². The molecule has 0 aliphatic rings. The van der Waals surface area contributed by atoms with E-state index in [-0.39, 0.29) is 11.4 Å². The van der Waals surface area contributed by atoms with Crippen LogP contribution >= 0.6 is 0 Å². The first kappa shape index (κ1) is 21.6. The van der Waals surface area contributed by atoms with Crippen molar-refractivity contribution in [3.8, 4) is 23.0 Å². The molecule has 160 valence electrons. The lowest BCUT2D eigenvalue weighted by atomic mass is 9.99. The molecular weight excluding hydrogens is 412 g/mol. The van der Waals surface area contributed by atoms with E-state index in [0.717, 1.165) is 37.0 Å². The molecule has 4 rings (SSSR count). The molecule has 0 unspecified atom stereocenters. The molecule has 0 aliphatic heterocycles. The van der Waals surface area contributed by atoms with Gasteiger partial charge in [-0.1, -0.05) is 49.5 Å². The fourth-order valence-corrected chi connectivity index (χ4v) is 3.57. The molecule has 0 spiro atoms. The zero-order valence-corrected chi connectivity index (χ0v) is 17.5. The van der Waals surface area contributed by atoms with Crippen LogP contribution in [-0.4, -0.2) is 0 Å². The molecule has 0 bridgehead atoms. The van der Waals surface area contributed by atoms with E-state index in [4.69, 9.17) is 0 Å². The smallest absolute Gasteiger partial charge is 0.159 e. The van der Waals surface area contributed by atoms with E-state index in [0.29, 0.717) is 27.5 Å². The topological polar surface area (TPSA) is 0 Å². The lowest BCUT2D eigenvalue weighted by molar-refractivity contribution is 0.511. The molecule has 32 heavy (non-hydrogen) atoms. The Morgan fingerprint density at radius 1 is 0.656 bits per heavy atom. The molecule has 4 aromatic rings. The highest BCUT2D eigenvalue weighted by Crippen LogP contribution is 2.26. The van der Waals surface area contributed by atoms with Crippen LogP contribution in [0.15, 0.2) is 66.7 Å². The summed E-state index contributed by atoms with van der Waals surface area (Å²) in [5, 5.41) is 1.05. The monoisotopic (exact) mass is 432 g/mol. The molecule has 0 saturated heterocycles. The third-order valence-corrected chi connectivity index (χ3v) is 5.35. The van der Waals surface area contributed by atoms with Gasteiger partial charge in [-0.25, -0.2) is 17.6 Å². The summed E-state index contributed by atoms with van der Waals surface area (Å²) >= 11 is 0. The van der Waals surface area contributed by atoms with Crippen LogP contribution in [0.25, 0.3) is 21.9 Å². The molecule has 0 fully saturated rings. The van der Waals surface area contributed by atoms with Crippen molar-refractivity contribution >= 4 is 10.8 Å². The zero-order chi connectivity index (χ0) is 22.7. The molecule has 4 heteroatoms. The van der Waals surface area contributed by atoms with E-state index < -0.39 is 17.5 Å². The van der Waals surface area contributed by atoms with Gasteiger partial charge in [0.15, 0.2) is 11.6 Å². The normalized spacial score (nSPS) is 10.8. The Kier molecular flexibility index (Phi) is 6.28. The molecule has 0 N–H and O–H groups in total. The van der Waals surface area contributed by atoms with Gasteiger partial charge >= 0.3 is 0 Å². The Labute approximate surface area is 184 Å². The summed E-state index contributed by atoms with van der Waals surface area (Å²) in [6, 6.07) is 16.6. The van der Waals surface area contributed by atoms with Crippen molar-refractivity contribution in [3.05, 3.63) is 107 Å². The summed E-state index contributed by atoms with van der Waals surface area (Å²) < 4.78 is 56.0. The third kappa shape index (κ3) is 4.68. The molecule has 0 aromatic heterocycles. The predicted molar refractivity (Wildman–Crippen MR) is 120 cm³/mol. The fourth-order valence-electron chi connectivity index (χ4n) is 3.57. The molecule has 0 radical (unpaired) electrons. The van der Waals surface area contributed by atoms with Gasteiger partial charge in [0.05, 0.1) is 5.56 Å². The van der Waals surface area contributed by atoms with Crippen LogP contribution in [0.2, 0.25) is 0 Å². The second-order valence-corrected chi connectivity index (χ2v) is 7.69. The average molecular weight is 432 g/mol. The van der Waals surface area contributed by atoms with Crippen LogP contribution < -0.4 is 0 Å². The number of hydrogen-bond acceptors (Lipinski definition) is 0. The van der Waals surface area contributed by atoms with Crippen LogP contribution in [0.3, 0.4) is 0 Å². The Balaban J connectivity index is 1.59. The fraction of sp³-hybridized carbons (Fsp3) is 0.143. The molecular formula is C28H20F4. The largest absolute Gasteiger partial charge is 0.206 e. The highest BCUT2D eigenvalue weighted by molar-refractivity contribution is 5.84. The van der Waals surface area contributed by atoms with Crippen LogP contribution in [0.4, 0.5) is 17.6 Å². The van der Waals surface area contributed by atoms with Gasteiger partial charge in [-0.3, -0.25) is 0 Å². The van der Waals surface area contributed by atoms with Crippen LogP contribution in [0.1, 0.15) is 36.5 Å². The molecule has 0 nitrogen and oxygen atoms in total. The van der Waals surface area contributed by atoms with Crippen molar-refractivity contribution in [3.63, 3.8) is 0 Å². The number of rotatable bonds is 4. The van der Waals surface area contributed by atoms with Gasteiger partial charge in [-0.05, 0) is 77.2 Å². The SMILES string of the molecule is CCCCc1ccc(-c2ccc(C#Cc3ccc4cc(F)c(F)cc4c3)c(F)c2)c(F)c1. The second kappa shape index (κ2) is 9.28. The Hall–Kier alpha value is -3.58. The first-order valence-corrected chi connectivity index (χ1v) is 10.4.